The Kier molecular flexibility index (Phi) is 5.38. The fourth-order valence-corrected chi connectivity index (χ4v) is 2.89. The summed E-state index contributed by atoms with van der Waals surface area (Å²) in [5.74, 6) is 0. The van der Waals surface area contributed by atoms with Gasteiger partial charge in [0.2, 0.25) is 9.84 Å². The molecule has 0 saturated heterocycles. The van der Waals surface area contributed by atoms with Crippen LogP contribution >= 0.6 is 0 Å². The second-order valence-corrected chi connectivity index (χ2v) is 6.46. The molecule has 1 rings (SSSR count). The van der Waals surface area contributed by atoms with Gasteiger partial charge in [-0.25, -0.2) is 12.8 Å². The number of alkyl halides is 6. The lowest BCUT2D eigenvalue weighted by atomic mass is 10.2. The molecular weight excluding hydrogens is 370 g/mol. The van der Waals surface area contributed by atoms with Crippen LogP contribution in [0.25, 0.3) is 0 Å². The molecule has 0 aliphatic carbocycles. The van der Waals surface area contributed by atoms with Crippen molar-refractivity contribution in [2.75, 3.05) is 11.9 Å². The number of nitrogens with zero attached hydrogens (tertiary/aromatic N) is 1. The molecule has 1 aromatic rings. The molecule has 13 heteroatoms. The summed E-state index contributed by atoms with van der Waals surface area (Å²) in [6.45, 7) is 1.68. The van der Waals surface area contributed by atoms with Crippen LogP contribution in [0.4, 0.5) is 37.7 Å². The second kappa shape index (κ2) is 6.45. The highest BCUT2D eigenvalue weighted by Crippen LogP contribution is 2.42. The van der Waals surface area contributed by atoms with Gasteiger partial charge in [-0.05, 0) is 19.1 Å². The zero-order valence-electron chi connectivity index (χ0n) is 11.8. The van der Waals surface area contributed by atoms with Crippen LogP contribution < -0.4 is 5.32 Å². The van der Waals surface area contributed by atoms with E-state index < -0.39 is 42.9 Å². The number of nitro benzene ring substituents is 1. The first kappa shape index (κ1) is 20.0. The zero-order chi connectivity index (χ0) is 18.9. The highest BCUT2D eigenvalue weighted by Gasteiger charge is 2.64. The molecule has 0 fully saturated rings. The number of hydrogen-bond donors (Lipinski definition) is 1. The molecule has 0 bridgehead atoms. The molecule has 0 radical (unpaired) electrons. The first-order valence-electron chi connectivity index (χ1n) is 6.12. The Morgan fingerprint density at radius 2 is 1.79 bits per heavy atom. The maximum atomic E-state index is 13.5. The van der Waals surface area contributed by atoms with E-state index in [4.69, 9.17) is 0 Å². The standard InChI is InChI=1S/C11H10F6N2O4S/c1-2-18-7-4-3-6(5-8(7)19(20)21)24(22,23)11(16,17)9(12)10(13,14)15/h3-5,9,18H,2H2,1H3. The summed E-state index contributed by atoms with van der Waals surface area (Å²) in [4.78, 5) is 8.22. The van der Waals surface area contributed by atoms with E-state index in [1.165, 1.54) is 6.92 Å². The molecule has 0 heterocycles. The number of anilines is 1. The van der Waals surface area contributed by atoms with E-state index in [1.54, 1.807) is 0 Å². The van der Waals surface area contributed by atoms with E-state index in [-0.39, 0.29) is 18.3 Å². The van der Waals surface area contributed by atoms with Crippen molar-refractivity contribution < 1.29 is 39.7 Å². The number of hydrogen-bond acceptors (Lipinski definition) is 5. The Morgan fingerprint density at radius 3 is 2.21 bits per heavy atom. The van der Waals surface area contributed by atoms with Gasteiger partial charge < -0.3 is 5.32 Å². The molecule has 136 valence electrons. The van der Waals surface area contributed by atoms with Crippen LogP contribution in [0.1, 0.15) is 6.92 Å². The van der Waals surface area contributed by atoms with Gasteiger partial charge in [0.05, 0.1) is 9.82 Å². The highest BCUT2D eigenvalue weighted by molar-refractivity contribution is 7.92. The Hall–Kier alpha value is -2.05. The first-order chi connectivity index (χ1) is 10.8. The molecule has 0 spiro atoms. The Labute approximate surface area is 131 Å². The minimum atomic E-state index is -6.17. The van der Waals surface area contributed by atoms with Crippen LogP contribution in [0.5, 0.6) is 0 Å². The van der Waals surface area contributed by atoms with E-state index in [9.17, 15) is 44.9 Å². The molecular formula is C11H10F6N2O4S. The van der Waals surface area contributed by atoms with E-state index in [0.717, 1.165) is 6.07 Å². The van der Waals surface area contributed by atoms with E-state index in [0.29, 0.717) is 6.07 Å². The number of rotatable bonds is 6. The lowest BCUT2D eigenvalue weighted by Crippen LogP contribution is -2.47. The normalized spacial score (nSPS) is 14.3. The van der Waals surface area contributed by atoms with Crippen molar-refractivity contribution in [1.29, 1.82) is 0 Å². The van der Waals surface area contributed by atoms with Gasteiger partial charge in [0, 0.05) is 12.6 Å². The fraction of sp³-hybridized carbons (Fsp3) is 0.455. The molecule has 6 nitrogen and oxygen atoms in total. The van der Waals surface area contributed by atoms with Gasteiger partial charge in [0.1, 0.15) is 5.69 Å². The number of benzene rings is 1. The number of nitro groups is 1. The smallest absolute Gasteiger partial charge is 0.380 e. The van der Waals surface area contributed by atoms with Crippen molar-refractivity contribution in [2.24, 2.45) is 0 Å². The molecule has 1 aromatic carbocycles. The SMILES string of the molecule is CCNc1ccc(S(=O)(=O)C(F)(F)C(F)C(F)(F)F)cc1[N+](=O)[O-]. The maximum Gasteiger partial charge on any atom is 0.426 e. The lowest BCUT2D eigenvalue weighted by molar-refractivity contribution is -0.384. The van der Waals surface area contributed by atoms with Crippen LogP contribution in [0.15, 0.2) is 23.1 Å². The van der Waals surface area contributed by atoms with Gasteiger partial charge >= 0.3 is 11.4 Å². The van der Waals surface area contributed by atoms with Crippen LogP contribution in [0.2, 0.25) is 0 Å². The lowest BCUT2D eigenvalue weighted by Gasteiger charge is -2.22. The molecule has 0 aromatic heterocycles. The quantitative estimate of drug-likeness (QED) is 0.465. The van der Waals surface area contributed by atoms with Crippen molar-refractivity contribution in [3.8, 4) is 0 Å². The largest absolute Gasteiger partial charge is 0.426 e. The van der Waals surface area contributed by atoms with Gasteiger partial charge in [-0.1, -0.05) is 0 Å². The van der Waals surface area contributed by atoms with E-state index in [1.807, 2.05) is 0 Å². The van der Waals surface area contributed by atoms with Crippen molar-refractivity contribution in [3.05, 3.63) is 28.3 Å². The second-order valence-electron chi connectivity index (χ2n) is 4.44. The molecule has 24 heavy (non-hydrogen) atoms. The summed E-state index contributed by atoms with van der Waals surface area (Å²) in [7, 11) is -6.17. The highest BCUT2D eigenvalue weighted by atomic mass is 32.2. The van der Waals surface area contributed by atoms with Crippen LogP contribution in [-0.4, -0.2) is 37.5 Å². The molecule has 0 aliphatic rings. The number of nitrogens with one attached hydrogen (secondary N) is 1. The van der Waals surface area contributed by atoms with E-state index >= 15 is 0 Å². The average molecular weight is 380 g/mol. The predicted octanol–water partition coefficient (Wildman–Crippen LogP) is 3.29. The predicted molar refractivity (Wildman–Crippen MR) is 70.3 cm³/mol. The van der Waals surface area contributed by atoms with Crippen molar-refractivity contribution in [2.45, 2.75) is 29.4 Å². The third kappa shape index (κ3) is 3.55. The van der Waals surface area contributed by atoms with Crippen molar-refractivity contribution >= 4 is 21.2 Å². The Bertz CT molecular complexity index is 735. The van der Waals surface area contributed by atoms with Crippen molar-refractivity contribution in [3.63, 3.8) is 0 Å². The number of sulfone groups is 1. The summed E-state index contributed by atoms with van der Waals surface area (Å²) >= 11 is 0. The third-order valence-electron chi connectivity index (χ3n) is 2.78. The number of halogens is 6. The first-order valence-corrected chi connectivity index (χ1v) is 7.60. The monoisotopic (exact) mass is 380 g/mol. The Balaban J connectivity index is 3.48. The van der Waals surface area contributed by atoms with Gasteiger partial charge in [-0.15, -0.1) is 0 Å². The fourth-order valence-electron chi connectivity index (χ4n) is 1.65. The van der Waals surface area contributed by atoms with Crippen molar-refractivity contribution in [1.82, 2.24) is 0 Å². The summed E-state index contributed by atoms with van der Waals surface area (Å²) in [6.07, 6.45) is -11.1. The maximum absolute atomic E-state index is 13.5. The van der Waals surface area contributed by atoms with Crippen LogP contribution in [0.3, 0.4) is 0 Å². The van der Waals surface area contributed by atoms with Crippen LogP contribution in [-0.2, 0) is 9.84 Å². The topological polar surface area (TPSA) is 89.3 Å². The minimum Gasteiger partial charge on any atom is -0.380 e. The third-order valence-corrected chi connectivity index (χ3v) is 4.58. The summed E-state index contributed by atoms with van der Waals surface area (Å²) in [5.41, 5.74) is -1.20. The average Bonchev–Trinajstić information content (AvgIpc) is 2.45. The Morgan fingerprint density at radius 1 is 1.25 bits per heavy atom. The molecule has 0 amide bonds. The summed E-state index contributed by atoms with van der Waals surface area (Å²) < 4.78 is 99.6. The molecule has 1 unspecified atom stereocenters. The molecule has 1 N–H and O–H groups in total. The van der Waals surface area contributed by atoms with Gasteiger partial charge in [0.25, 0.3) is 11.9 Å². The minimum absolute atomic E-state index is 0.143. The van der Waals surface area contributed by atoms with E-state index in [2.05, 4.69) is 5.32 Å². The molecule has 1 atom stereocenters. The van der Waals surface area contributed by atoms with Gasteiger partial charge in [-0.3, -0.25) is 10.1 Å². The van der Waals surface area contributed by atoms with Gasteiger partial charge in [-0.2, -0.15) is 22.0 Å². The molecule has 0 aliphatic heterocycles. The molecule has 0 saturated carbocycles. The summed E-state index contributed by atoms with van der Waals surface area (Å²) in [5, 5.41) is 7.44. The summed E-state index contributed by atoms with van der Waals surface area (Å²) in [6, 6.07) is 1.30. The van der Waals surface area contributed by atoms with Gasteiger partial charge in [0.15, 0.2) is 0 Å². The van der Waals surface area contributed by atoms with Crippen LogP contribution in [0, 0.1) is 10.1 Å². The zero-order valence-corrected chi connectivity index (χ0v) is 12.6.